The summed E-state index contributed by atoms with van der Waals surface area (Å²) in [5.74, 6) is 0.0597. The summed E-state index contributed by atoms with van der Waals surface area (Å²) in [6, 6.07) is 10.0. The second-order valence-electron chi connectivity index (χ2n) is 6.33. The van der Waals surface area contributed by atoms with Gasteiger partial charge in [0.25, 0.3) is 5.56 Å². The van der Waals surface area contributed by atoms with Crippen LogP contribution in [0.4, 0.5) is 13.2 Å². The lowest BCUT2D eigenvalue weighted by Crippen LogP contribution is -2.20. The standard InChI is InChI=1S/C21H16ClF3N2O4S/c1-2-30-19(29)15-10-26-20(27-18(15)28)32-11-12-3-5-13(6-4-12)31-14-7-8-17(22)16(9-14)21(23,24)25/h3-10H,2,11H2,1H3,(H,26,27,28). The van der Waals surface area contributed by atoms with Crippen molar-refractivity contribution < 1.29 is 27.4 Å². The van der Waals surface area contributed by atoms with E-state index < -0.39 is 28.3 Å². The lowest BCUT2D eigenvalue weighted by Gasteiger charge is -2.12. The minimum absolute atomic E-state index is 0.00677. The zero-order valence-corrected chi connectivity index (χ0v) is 18.1. The Morgan fingerprint density at radius 2 is 1.84 bits per heavy atom. The van der Waals surface area contributed by atoms with Crippen LogP contribution < -0.4 is 10.3 Å². The minimum Gasteiger partial charge on any atom is -0.462 e. The number of thioether (sulfide) groups is 1. The highest BCUT2D eigenvalue weighted by Gasteiger charge is 2.33. The second-order valence-corrected chi connectivity index (χ2v) is 7.70. The van der Waals surface area contributed by atoms with Gasteiger partial charge >= 0.3 is 12.1 Å². The van der Waals surface area contributed by atoms with Gasteiger partial charge in [0.15, 0.2) is 5.16 Å². The smallest absolute Gasteiger partial charge is 0.417 e. The molecule has 11 heteroatoms. The number of nitrogens with one attached hydrogen (secondary N) is 1. The number of rotatable bonds is 7. The van der Waals surface area contributed by atoms with E-state index in [9.17, 15) is 22.8 Å². The Hall–Kier alpha value is -2.98. The van der Waals surface area contributed by atoms with Crippen molar-refractivity contribution >= 4 is 29.3 Å². The number of carbonyl (C=O) groups excluding carboxylic acids is 1. The lowest BCUT2D eigenvalue weighted by molar-refractivity contribution is -0.137. The molecule has 0 aliphatic rings. The number of ether oxygens (including phenoxy) is 2. The van der Waals surface area contributed by atoms with Crippen LogP contribution >= 0.6 is 23.4 Å². The quantitative estimate of drug-likeness (QED) is 0.263. The number of hydrogen-bond donors (Lipinski definition) is 1. The molecule has 0 radical (unpaired) electrons. The average molecular weight is 485 g/mol. The number of H-pyrrole nitrogens is 1. The van der Waals surface area contributed by atoms with Crippen LogP contribution in [-0.2, 0) is 16.7 Å². The van der Waals surface area contributed by atoms with Gasteiger partial charge in [-0.05, 0) is 42.8 Å². The van der Waals surface area contributed by atoms with E-state index in [1.54, 1.807) is 31.2 Å². The Kier molecular flexibility index (Phi) is 7.47. The third-order valence-electron chi connectivity index (χ3n) is 4.05. The normalized spacial score (nSPS) is 11.3. The van der Waals surface area contributed by atoms with E-state index in [-0.39, 0.29) is 17.9 Å². The number of aromatic nitrogens is 2. The molecule has 0 fully saturated rings. The predicted octanol–water partition coefficient (Wildman–Crippen LogP) is 5.70. The maximum Gasteiger partial charge on any atom is 0.417 e. The van der Waals surface area contributed by atoms with Gasteiger partial charge in [-0.3, -0.25) is 4.79 Å². The third-order valence-corrected chi connectivity index (χ3v) is 5.34. The van der Waals surface area contributed by atoms with Crippen molar-refractivity contribution in [1.82, 2.24) is 9.97 Å². The topological polar surface area (TPSA) is 81.3 Å². The van der Waals surface area contributed by atoms with Crippen LogP contribution in [0.1, 0.15) is 28.4 Å². The van der Waals surface area contributed by atoms with Gasteiger partial charge in [0.2, 0.25) is 0 Å². The molecule has 0 saturated heterocycles. The fourth-order valence-electron chi connectivity index (χ4n) is 2.53. The van der Waals surface area contributed by atoms with Crippen LogP contribution in [-0.4, -0.2) is 22.5 Å². The van der Waals surface area contributed by atoms with Crippen LogP contribution in [0.3, 0.4) is 0 Å². The molecule has 168 valence electrons. The van der Waals surface area contributed by atoms with E-state index >= 15 is 0 Å². The first kappa shape index (κ1) is 23.7. The molecule has 32 heavy (non-hydrogen) atoms. The van der Waals surface area contributed by atoms with E-state index in [4.69, 9.17) is 21.1 Å². The third kappa shape index (κ3) is 6.04. The molecule has 0 aliphatic heterocycles. The summed E-state index contributed by atoms with van der Waals surface area (Å²) < 4.78 is 49.2. The van der Waals surface area contributed by atoms with Crippen molar-refractivity contribution in [2.24, 2.45) is 0 Å². The second kappa shape index (κ2) is 10.1. The predicted molar refractivity (Wildman–Crippen MR) is 113 cm³/mol. The van der Waals surface area contributed by atoms with Crippen molar-refractivity contribution in [3.63, 3.8) is 0 Å². The summed E-state index contributed by atoms with van der Waals surface area (Å²) >= 11 is 6.85. The number of nitrogens with zero attached hydrogens (tertiary/aromatic N) is 1. The molecule has 0 bridgehead atoms. The fraction of sp³-hybridized carbons (Fsp3) is 0.190. The maximum atomic E-state index is 13.0. The molecule has 0 aliphatic carbocycles. The average Bonchev–Trinajstić information content (AvgIpc) is 2.74. The van der Waals surface area contributed by atoms with Crippen LogP contribution in [0.5, 0.6) is 11.5 Å². The molecule has 1 heterocycles. The lowest BCUT2D eigenvalue weighted by atomic mass is 10.2. The number of halogens is 4. The van der Waals surface area contributed by atoms with E-state index in [1.807, 2.05) is 0 Å². The molecule has 6 nitrogen and oxygen atoms in total. The maximum absolute atomic E-state index is 13.0. The highest BCUT2D eigenvalue weighted by molar-refractivity contribution is 7.98. The molecule has 1 N–H and O–H groups in total. The van der Waals surface area contributed by atoms with E-state index in [0.717, 1.165) is 23.9 Å². The van der Waals surface area contributed by atoms with Gasteiger partial charge in [0.1, 0.15) is 17.1 Å². The first-order valence-corrected chi connectivity index (χ1v) is 10.6. The SMILES string of the molecule is CCOC(=O)c1cnc(SCc2ccc(Oc3ccc(Cl)c(C(F)(F)F)c3)cc2)[nH]c1=O. The molecule has 0 unspecified atom stereocenters. The van der Waals surface area contributed by atoms with Crippen molar-refractivity contribution in [2.45, 2.75) is 24.0 Å². The zero-order chi connectivity index (χ0) is 23.3. The molecule has 0 amide bonds. The van der Waals surface area contributed by atoms with Gasteiger partial charge in [0, 0.05) is 11.9 Å². The van der Waals surface area contributed by atoms with Gasteiger partial charge in [-0.15, -0.1) is 0 Å². The fourth-order valence-corrected chi connectivity index (χ4v) is 3.55. The number of benzene rings is 2. The van der Waals surface area contributed by atoms with E-state index in [2.05, 4.69) is 9.97 Å². The number of hydrogen-bond acceptors (Lipinski definition) is 6. The van der Waals surface area contributed by atoms with Gasteiger partial charge in [-0.2, -0.15) is 13.2 Å². The molecular formula is C21H16ClF3N2O4S. The molecule has 3 rings (SSSR count). The number of carbonyl (C=O) groups is 1. The molecule has 2 aromatic carbocycles. The van der Waals surface area contributed by atoms with Crippen LogP contribution in [0.25, 0.3) is 0 Å². The minimum atomic E-state index is -4.58. The number of alkyl halides is 3. The summed E-state index contributed by atoms with van der Waals surface area (Å²) in [7, 11) is 0. The first-order chi connectivity index (χ1) is 15.2. The monoisotopic (exact) mass is 484 g/mol. The van der Waals surface area contributed by atoms with Crippen LogP contribution in [0.2, 0.25) is 5.02 Å². The van der Waals surface area contributed by atoms with E-state index in [1.165, 1.54) is 17.8 Å². The molecule has 0 atom stereocenters. The van der Waals surface area contributed by atoms with E-state index in [0.29, 0.717) is 16.7 Å². The Labute approximate surface area is 189 Å². The van der Waals surface area contributed by atoms with Crippen molar-refractivity contribution in [3.05, 3.63) is 80.7 Å². The number of esters is 1. The highest BCUT2D eigenvalue weighted by atomic mass is 35.5. The Balaban J connectivity index is 1.63. The highest BCUT2D eigenvalue weighted by Crippen LogP contribution is 2.37. The Bertz CT molecular complexity index is 1170. The summed E-state index contributed by atoms with van der Waals surface area (Å²) in [6.45, 7) is 1.78. The zero-order valence-electron chi connectivity index (χ0n) is 16.5. The van der Waals surface area contributed by atoms with Gasteiger partial charge in [-0.25, -0.2) is 9.78 Å². The molecular weight excluding hydrogens is 469 g/mol. The largest absolute Gasteiger partial charge is 0.462 e. The van der Waals surface area contributed by atoms with Crippen molar-refractivity contribution in [2.75, 3.05) is 6.61 Å². The summed E-state index contributed by atoms with van der Waals surface area (Å²) in [4.78, 5) is 30.2. The Morgan fingerprint density at radius 1 is 1.16 bits per heavy atom. The number of aromatic amines is 1. The summed E-state index contributed by atoms with van der Waals surface area (Å²) in [6.07, 6.45) is -3.42. The molecule has 0 saturated carbocycles. The van der Waals surface area contributed by atoms with Gasteiger partial charge < -0.3 is 14.5 Å². The van der Waals surface area contributed by atoms with Gasteiger partial charge in [0.05, 0.1) is 17.2 Å². The van der Waals surface area contributed by atoms with Crippen molar-refractivity contribution in [1.29, 1.82) is 0 Å². The summed E-state index contributed by atoms with van der Waals surface area (Å²) in [5, 5.41) is -0.0802. The van der Waals surface area contributed by atoms with Crippen LogP contribution in [0, 0.1) is 0 Å². The molecule has 1 aromatic heterocycles. The molecule has 3 aromatic rings. The van der Waals surface area contributed by atoms with Crippen LogP contribution in [0.15, 0.2) is 58.6 Å². The first-order valence-electron chi connectivity index (χ1n) is 9.20. The Morgan fingerprint density at radius 3 is 2.47 bits per heavy atom. The summed E-state index contributed by atoms with van der Waals surface area (Å²) in [5.41, 5.74) is -0.883. The van der Waals surface area contributed by atoms with Crippen molar-refractivity contribution in [3.8, 4) is 11.5 Å². The molecule has 0 spiro atoms. The van der Waals surface area contributed by atoms with Gasteiger partial charge in [-0.1, -0.05) is 35.5 Å².